The van der Waals surface area contributed by atoms with Gasteiger partial charge in [-0.1, -0.05) is 18.9 Å². The number of nitrogens with zero attached hydrogens (tertiary/aromatic N) is 2. The average Bonchev–Trinajstić information content (AvgIpc) is 2.93. The van der Waals surface area contributed by atoms with E-state index in [1.54, 1.807) is 12.1 Å². The third-order valence-corrected chi connectivity index (χ3v) is 6.28. The first-order valence-corrected chi connectivity index (χ1v) is 10.2. The smallest absolute Gasteiger partial charge is 0.262 e. The standard InChI is InChI=1S/C21H26N4O4/c1-24(16-5-3-2-4-15(16)22)11-12-6-7-13-14(10-12)21(29)25(20(13)28)17-8-9-18(26)23-19(17)27/h6-7,10,15-17H,2-5,8-9,11,22H2,1H3,(H,23,26,27)/t15-,16+,17?/m0/s1. The summed E-state index contributed by atoms with van der Waals surface area (Å²) in [6.45, 7) is 0.630. The number of carbonyl (C=O) groups excluding carboxylic acids is 4. The maximum atomic E-state index is 12.9. The molecule has 4 rings (SSSR count). The summed E-state index contributed by atoms with van der Waals surface area (Å²) in [6.07, 6.45) is 4.68. The van der Waals surface area contributed by atoms with Crippen molar-refractivity contribution in [2.75, 3.05) is 7.05 Å². The quantitative estimate of drug-likeness (QED) is 0.725. The summed E-state index contributed by atoms with van der Waals surface area (Å²) in [5, 5.41) is 2.21. The summed E-state index contributed by atoms with van der Waals surface area (Å²) in [4.78, 5) is 52.5. The Bertz CT molecular complexity index is 883. The molecular formula is C21H26N4O4. The first kappa shape index (κ1) is 19.7. The monoisotopic (exact) mass is 398 g/mol. The largest absolute Gasteiger partial charge is 0.326 e. The van der Waals surface area contributed by atoms with E-state index in [2.05, 4.69) is 10.2 Å². The Morgan fingerprint density at radius 3 is 2.52 bits per heavy atom. The van der Waals surface area contributed by atoms with Crippen LogP contribution in [0.25, 0.3) is 0 Å². The van der Waals surface area contributed by atoms with Crippen LogP contribution in [0, 0.1) is 0 Å². The summed E-state index contributed by atoms with van der Waals surface area (Å²) in [5.41, 5.74) is 7.83. The predicted octanol–water partition coefficient (Wildman–Crippen LogP) is 0.790. The number of benzene rings is 1. The van der Waals surface area contributed by atoms with E-state index in [1.165, 1.54) is 6.42 Å². The minimum atomic E-state index is -0.938. The molecule has 3 atom stereocenters. The predicted molar refractivity (Wildman–Crippen MR) is 105 cm³/mol. The fraction of sp³-hybridized carbons (Fsp3) is 0.524. The van der Waals surface area contributed by atoms with Gasteiger partial charge in [0, 0.05) is 25.0 Å². The first-order chi connectivity index (χ1) is 13.9. The van der Waals surface area contributed by atoms with Crippen LogP contribution in [0.4, 0.5) is 0 Å². The molecule has 1 aromatic rings. The summed E-state index contributed by atoms with van der Waals surface area (Å²) < 4.78 is 0. The molecule has 0 bridgehead atoms. The number of likely N-dealkylation sites (N-methyl/N-ethyl adjacent to an activating group) is 1. The maximum Gasteiger partial charge on any atom is 0.262 e. The Balaban J connectivity index is 1.52. The van der Waals surface area contributed by atoms with Crippen LogP contribution >= 0.6 is 0 Å². The molecule has 1 aliphatic carbocycles. The molecule has 154 valence electrons. The minimum Gasteiger partial charge on any atom is -0.326 e. The zero-order valence-corrected chi connectivity index (χ0v) is 16.5. The lowest BCUT2D eigenvalue weighted by Gasteiger charge is -2.36. The number of rotatable bonds is 4. The van der Waals surface area contributed by atoms with Gasteiger partial charge in [-0.2, -0.15) is 0 Å². The van der Waals surface area contributed by atoms with Crippen LogP contribution in [0.15, 0.2) is 18.2 Å². The fourth-order valence-corrected chi connectivity index (χ4v) is 4.71. The molecular weight excluding hydrogens is 372 g/mol. The van der Waals surface area contributed by atoms with Crippen LogP contribution in [0.2, 0.25) is 0 Å². The Morgan fingerprint density at radius 2 is 1.79 bits per heavy atom. The van der Waals surface area contributed by atoms with Crippen molar-refractivity contribution >= 4 is 23.6 Å². The second-order valence-corrected chi connectivity index (χ2v) is 8.26. The normalized spacial score (nSPS) is 27.4. The number of hydrogen-bond donors (Lipinski definition) is 2. The molecule has 0 radical (unpaired) electrons. The third kappa shape index (κ3) is 3.58. The Morgan fingerprint density at radius 1 is 1.07 bits per heavy atom. The molecule has 3 N–H and O–H groups in total. The lowest BCUT2D eigenvalue weighted by atomic mass is 9.90. The van der Waals surface area contributed by atoms with Crippen molar-refractivity contribution < 1.29 is 19.2 Å². The van der Waals surface area contributed by atoms with Crippen LogP contribution in [-0.4, -0.2) is 58.6 Å². The van der Waals surface area contributed by atoms with Gasteiger partial charge < -0.3 is 5.73 Å². The molecule has 1 aromatic carbocycles. The van der Waals surface area contributed by atoms with E-state index in [4.69, 9.17) is 5.73 Å². The lowest BCUT2D eigenvalue weighted by Crippen LogP contribution is -2.54. The molecule has 1 unspecified atom stereocenters. The highest BCUT2D eigenvalue weighted by atomic mass is 16.2. The van der Waals surface area contributed by atoms with Gasteiger partial charge in [-0.05, 0) is 44.0 Å². The Kier molecular flexibility index (Phi) is 5.23. The molecule has 0 spiro atoms. The molecule has 0 aromatic heterocycles. The Hall–Kier alpha value is -2.58. The topological polar surface area (TPSA) is 113 Å². The first-order valence-electron chi connectivity index (χ1n) is 10.2. The second-order valence-electron chi connectivity index (χ2n) is 8.26. The molecule has 8 nitrogen and oxygen atoms in total. The van der Waals surface area contributed by atoms with Crippen LogP contribution in [0.3, 0.4) is 0 Å². The number of imide groups is 2. The van der Waals surface area contributed by atoms with Crippen molar-refractivity contribution in [1.82, 2.24) is 15.1 Å². The van der Waals surface area contributed by atoms with Crippen LogP contribution in [0.5, 0.6) is 0 Å². The van der Waals surface area contributed by atoms with Crippen molar-refractivity contribution in [2.24, 2.45) is 5.73 Å². The molecule has 8 heteroatoms. The highest BCUT2D eigenvalue weighted by Gasteiger charge is 2.44. The van der Waals surface area contributed by atoms with Gasteiger partial charge in [-0.3, -0.25) is 34.3 Å². The molecule has 2 heterocycles. The van der Waals surface area contributed by atoms with Gasteiger partial charge in [0.1, 0.15) is 6.04 Å². The number of fused-ring (bicyclic) bond motifs is 1. The number of nitrogens with two attached hydrogens (primary N) is 1. The second kappa shape index (κ2) is 7.68. The summed E-state index contributed by atoms with van der Waals surface area (Å²) in [6, 6.07) is 4.76. The zero-order valence-electron chi connectivity index (χ0n) is 16.5. The van der Waals surface area contributed by atoms with E-state index in [-0.39, 0.29) is 24.8 Å². The fourth-order valence-electron chi connectivity index (χ4n) is 4.71. The van der Waals surface area contributed by atoms with Gasteiger partial charge in [0.15, 0.2) is 0 Å². The van der Waals surface area contributed by atoms with E-state index in [9.17, 15) is 19.2 Å². The Labute approximate surface area is 169 Å². The zero-order chi connectivity index (χ0) is 20.7. The summed E-state index contributed by atoms with van der Waals surface area (Å²) >= 11 is 0. The number of hydrogen-bond acceptors (Lipinski definition) is 6. The number of piperidine rings is 1. The van der Waals surface area contributed by atoms with Crippen molar-refractivity contribution in [3.63, 3.8) is 0 Å². The van der Waals surface area contributed by atoms with Gasteiger partial charge in [-0.15, -0.1) is 0 Å². The molecule has 1 saturated heterocycles. The average molecular weight is 398 g/mol. The molecule has 2 aliphatic heterocycles. The molecule has 1 saturated carbocycles. The van der Waals surface area contributed by atoms with Crippen molar-refractivity contribution in [1.29, 1.82) is 0 Å². The van der Waals surface area contributed by atoms with E-state index < -0.39 is 23.8 Å². The van der Waals surface area contributed by atoms with Crippen LogP contribution in [0.1, 0.15) is 64.8 Å². The van der Waals surface area contributed by atoms with Gasteiger partial charge in [0.2, 0.25) is 11.8 Å². The third-order valence-electron chi connectivity index (χ3n) is 6.28. The molecule has 29 heavy (non-hydrogen) atoms. The summed E-state index contributed by atoms with van der Waals surface area (Å²) in [7, 11) is 2.03. The SMILES string of the molecule is CN(Cc1ccc2c(c1)C(=O)N(C1CCC(=O)NC1=O)C2=O)[C@@H]1CCCC[C@@H]1N. The minimum absolute atomic E-state index is 0.113. The number of carbonyl (C=O) groups is 4. The van der Waals surface area contributed by atoms with Crippen molar-refractivity contribution in [3.8, 4) is 0 Å². The molecule has 2 fully saturated rings. The maximum absolute atomic E-state index is 12.9. The van der Waals surface area contributed by atoms with Gasteiger partial charge in [0.25, 0.3) is 11.8 Å². The van der Waals surface area contributed by atoms with Gasteiger partial charge >= 0.3 is 0 Å². The highest BCUT2D eigenvalue weighted by molar-refractivity contribution is 6.23. The number of nitrogens with one attached hydrogen (secondary N) is 1. The highest BCUT2D eigenvalue weighted by Crippen LogP contribution is 2.29. The van der Waals surface area contributed by atoms with E-state index >= 15 is 0 Å². The van der Waals surface area contributed by atoms with E-state index in [0.29, 0.717) is 23.7 Å². The van der Waals surface area contributed by atoms with Gasteiger partial charge in [0.05, 0.1) is 11.1 Å². The molecule has 3 aliphatic rings. The molecule has 4 amide bonds. The van der Waals surface area contributed by atoms with Crippen LogP contribution in [-0.2, 0) is 16.1 Å². The van der Waals surface area contributed by atoms with Crippen molar-refractivity contribution in [3.05, 3.63) is 34.9 Å². The van der Waals surface area contributed by atoms with Crippen LogP contribution < -0.4 is 11.1 Å². The summed E-state index contributed by atoms with van der Waals surface area (Å²) in [5.74, 6) is -1.93. The van der Waals surface area contributed by atoms with Crippen molar-refractivity contribution in [2.45, 2.75) is 63.2 Å². The van der Waals surface area contributed by atoms with E-state index in [1.807, 2.05) is 13.1 Å². The lowest BCUT2D eigenvalue weighted by molar-refractivity contribution is -0.136. The van der Waals surface area contributed by atoms with Gasteiger partial charge in [-0.25, -0.2) is 0 Å². The number of amides is 4. The van der Waals surface area contributed by atoms with E-state index in [0.717, 1.165) is 29.7 Å².